The van der Waals surface area contributed by atoms with Gasteiger partial charge in [0.1, 0.15) is 5.78 Å². The molecule has 4 heterocycles. The van der Waals surface area contributed by atoms with Crippen LogP contribution in [0.3, 0.4) is 0 Å². The highest BCUT2D eigenvalue weighted by molar-refractivity contribution is 7.91. The molecular formula is C81H102Cl6N12O16S3. The summed E-state index contributed by atoms with van der Waals surface area (Å²) in [5.41, 5.74) is 6.94. The molecule has 118 heavy (non-hydrogen) atoms. The van der Waals surface area contributed by atoms with E-state index in [4.69, 9.17) is 98.0 Å². The average molecular weight is 1810 g/mol. The highest BCUT2D eigenvalue weighted by atomic mass is 35.5. The number of carbonyl (C=O) groups is 4. The summed E-state index contributed by atoms with van der Waals surface area (Å²) in [7, 11) is -5.52. The number of aromatic amines is 1. The van der Waals surface area contributed by atoms with Crippen molar-refractivity contribution in [2.75, 3.05) is 152 Å². The van der Waals surface area contributed by atoms with Gasteiger partial charge in [0.15, 0.2) is 15.7 Å². The molecule has 0 bridgehead atoms. The van der Waals surface area contributed by atoms with Crippen LogP contribution in [-0.2, 0) is 104 Å². The molecule has 3 amide bonds. The number of sulfone groups is 1. The maximum Gasteiger partial charge on any atom is 0.240 e. The third-order valence-electron chi connectivity index (χ3n) is 20.7. The molecule has 10 rings (SSSR count). The summed E-state index contributed by atoms with van der Waals surface area (Å²) in [6.45, 7) is 5.71. The van der Waals surface area contributed by atoms with Crippen molar-refractivity contribution in [1.29, 1.82) is 0 Å². The van der Waals surface area contributed by atoms with E-state index in [1.165, 1.54) is 12.1 Å². The highest BCUT2D eigenvalue weighted by Gasteiger charge is 2.36. The molecule has 3 aliphatic heterocycles. The number of ketones is 1. The third kappa shape index (κ3) is 28.3. The van der Waals surface area contributed by atoms with Crippen molar-refractivity contribution in [3.8, 4) is 0 Å². The number of aromatic nitrogens is 4. The van der Waals surface area contributed by atoms with Crippen LogP contribution in [0.25, 0.3) is 0 Å². The number of carbonyl (C=O) groups excluding carboxylic acids is 4. The zero-order valence-corrected chi connectivity index (χ0v) is 73.2. The number of halogens is 6. The molecule has 37 heteroatoms. The van der Waals surface area contributed by atoms with Crippen LogP contribution in [-0.4, -0.2) is 242 Å². The average Bonchev–Trinajstić information content (AvgIpc) is 0.855. The Morgan fingerprint density at radius 1 is 0.458 bits per heavy atom. The largest absolute Gasteiger partial charge is 0.379 e. The normalized spacial score (nSPS) is 16.5. The molecule has 642 valence electrons. The molecule has 28 nitrogen and oxygen atoms in total. The molecule has 4 atom stereocenters. The summed E-state index contributed by atoms with van der Waals surface area (Å²) >= 11 is 39.0. The number of fused-ring (bicyclic) bond motifs is 3. The number of nitrogens with one attached hydrogen (secondary N) is 6. The van der Waals surface area contributed by atoms with Crippen molar-refractivity contribution >= 4 is 123 Å². The molecule has 0 spiro atoms. The Kier molecular flexibility index (Phi) is 36.3. The zero-order chi connectivity index (χ0) is 84.4. The van der Waals surface area contributed by atoms with E-state index in [0.29, 0.717) is 75.8 Å². The van der Waals surface area contributed by atoms with E-state index in [2.05, 4.69) is 60.7 Å². The van der Waals surface area contributed by atoms with Crippen LogP contribution in [0.1, 0.15) is 131 Å². The van der Waals surface area contributed by atoms with Crippen LogP contribution in [0, 0.1) is 0 Å². The Bertz CT molecular complexity index is 4470. The van der Waals surface area contributed by atoms with Gasteiger partial charge in [0, 0.05) is 158 Å². The van der Waals surface area contributed by atoms with Gasteiger partial charge in [-0.2, -0.15) is 5.21 Å². The van der Waals surface area contributed by atoms with Crippen molar-refractivity contribution < 1.29 is 72.9 Å². The van der Waals surface area contributed by atoms with E-state index in [1.807, 2.05) is 57.5 Å². The SMILES string of the molecule is CN1Cc2c(Cl)cc(Cl)cc2[C@H](c2cccc(S(=O)(=O)CCCOCCOCCNC(=O)CCC(CCC(=O)CCCOCCOCCNS(=O)(=O)c3cccc([C@@H]4CN(C)Cc5c(Cl)cc(Cl)cc54)c3)(CCC(=O)NCCOCCOCCNS(=O)(=O)c3cccc([C@@H]4CN(C)Cc5c(Cl)cc(Cl)cc54)c3)NC(=O)Cc3nn[nH]n3)c2)C1. The summed E-state index contributed by atoms with van der Waals surface area (Å²) in [5.74, 6) is -1.98. The van der Waals surface area contributed by atoms with Gasteiger partial charge in [0.05, 0.1) is 92.9 Å². The number of Topliss-reactive ketones (excluding diaryl/α,β-unsaturated/α-hetero) is 1. The number of hydrogen-bond acceptors (Lipinski definition) is 22. The van der Waals surface area contributed by atoms with Crippen molar-refractivity contribution in [1.82, 2.24) is 60.7 Å². The minimum absolute atomic E-state index is 0.00142. The first-order valence-electron chi connectivity index (χ1n) is 39.1. The Balaban J connectivity index is 0.658. The van der Waals surface area contributed by atoms with Crippen molar-refractivity contribution in [3.05, 3.63) is 195 Å². The minimum Gasteiger partial charge on any atom is -0.379 e. The number of tetrazole rings is 1. The van der Waals surface area contributed by atoms with Gasteiger partial charge in [-0.05, 0) is 176 Å². The van der Waals surface area contributed by atoms with Gasteiger partial charge in [0.2, 0.25) is 37.8 Å². The summed E-state index contributed by atoms with van der Waals surface area (Å²) in [4.78, 5) is 61.7. The van der Waals surface area contributed by atoms with Gasteiger partial charge in [-0.1, -0.05) is 111 Å². The predicted molar refractivity (Wildman–Crippen MR) is 452 cm³/mol. The molecule has 0 saturated carbocycles. The van der Waals surface area contributed by atoms with Crippen LogP contribution in [0.2, 0.25) is 30.1 Å². The van der Waals surface area contributed by atoms with Gasteiger partial charge < -0.3 is 59.1 Å². The van der Waals surface area contributed by atoms with Crippen LogP contribution >= 0.6 is 69.6 Å². The van der Waals surface area contributed by atoms with E-state index >= 15 is 0 Å². The van der Waals surface area contributed by atoms with E-state index in [9.17, 15) is 44.4 Å². The second-order valence-electron chi connectivity index (χ2n) is 29.6. The fraction of sp³-hybridized carbons (Fsp3) is 0.494. The number of H-pyrrole nitrogens is 1. The molecule has 0 aliphatic carbocycles. The fourth-order valence-corrected chi connectivity index (χ4v) is 20.0. The molecular weight excluding hydrogens is 1710 g/mol. The number of hydrogen-bond donors (Lipinski definition) is 6. The molecule has 0 radical (unpaired) electrons. The Morgan fingerprint density at radius 3 is 1.25 bits per heavy atom. The second-order valence-corrected chi connectivity index (χ2v) is 37.8. The number of sulfonamides is 2. The molecule has 0 fully saturated rings. The lowest BCUT2D eigenvalue weighted by molar-refractivity contribution is -0.126. The number of nitrogens with zero attached hydrogens (tertiary/aromatic N) is 6. The molecule has 3 aliphatic rings. The standard InChI is InChI=1S/C81H102Cl6N12O16S3/c1-97-49-68(65-42-58(82)45-74(85)71(65)52-97)55-9-4-13-62(39-55)116(104,105)38-8-27-111-33-34-112-28-22-88-78(101)17-20-81(92-80(103)48-77-93-95-96-94-77,19-16-61(100)12-7-26-110-32-35-114-30-24-90-117(106,107)63-14-5-10-56(40-63)69-50-98(2)53-72-66(69)43-59(83)46-75(72)86)21-18-79(102)89-23-29-113-36-37-115-31-25-91-118(108,109)64-15-6-11-57(41-64)70-51-99(3)54-73-67(70)44-60(84)47-76(73)87/h4-6,9-11,13-15,39-47,68-70,90-91H,7-8,12,16-38,48-54H2,1-3H3,(H,88,101)(H,89,102)(H,92,103)(H,93,94,95,96)/t68-,69-,70-,81?/m0/s1. The third-order valence-corrected chi connectivity index (χ3v) is 27.1. The Morgan fingerprint density at radius 2 is 0.839 bits per heavy atom. The van der Waals surface area contributed by atoms with E-state index in [1.54, 1.807) is 60.7 Å². The van der Waals surface area contributed by atoms with Gasteiger partial charge in [0.25, 0.3) is 0 Å². The molecule has 1 unspecified atom stereocenters. The first-order chi connectivity index (χ1) is 56.5. The molecule has 1 aromatic heterocycles. The monoisotopic (exact) mass is 1800 g/mol. The van der Waals surface area contributed by atoms with E-state index < -0.39 is 53.1 Å². The zero-order valence-electron chi connectivity index (χ0n) is 66.2. The molecule has 7 aromatic rings. The predicted octanol–water partition coefficient (Wildman–Crippen LogP) is 10.1. The summed E-state index contributed by atoms with van der Waals surface area (Å²) in [5, 5.41) is 25.7. The summed E-state index contributed by atoms with van der Waals surface area (Å²) in [6.07, 6.45) is 0.163. The Labute approximate surface area is 720 Å². The van der Waals surface area contributed by atoms with Crippen molar-refractivity contribution in [3.63, 3.8) is 0 Å². The lowest BCUT2D eigenvalue weighted by atomic mass is 9.82. The summed E-state index contributed by atoms with van der Waals surface area (Å²) < 4.78 is 120. The van der Waals surface area contributed by atoms with Gasteiger partial charge in [-0.15, -0.1) is 10.2 Å². The van der Waals surface area contributed by atoms with Crippen LogP contribution in [0.4, 0.5) is 0 Å². The number of benzene rings is 6. The lowest BCUT2D eigenvalue weighted by Gasteiger charge is -2.35. The van der Waals surface area contributed by atoms with E-state index in [-0.39, 0.29) is 213 Å². The van der Waals surface area contributed by atoms with Crippen LogP contribution < -0.4 is 25.4 Å². The maximum absolute atomic E-state index is 13.9. The number of likely N-dealkylation sites (N-methyl/N-ethyl adjacent to an activating group) is 3. The number of ether oxygens (including phenoxy) is 6. The smallest absolute Gasteiger partial charge is 0.240 e. The minimum atomic E-state index is -3.91. The first kappa shape index (κ1) is 93.9. The van der Waals surface area contributed by atoms with Crippen LogP contribution in [0.5, 0.6) is 0 Å². The molecule has 0 saturated heterocycles. The Hall–Kier alpha value is -6.38. The lowest BCUT2D eigenvalue weighted by Crippen LogP contribution is -2.51. The fourth-order valence-electron chi connectivity index (χ4n) is 14.8. The highest BCUT2D eigenvalue weighted by Crippen LogP contribution is 2.43. The molecule has 6 aromatic carbocycles. The van der Waals surface area contributed by atoms with Crippen LogP contribution in [0.15, 0.2) is 124 Å². The first-order valence-corrected chi connectivity index (χ1v) is 46.0. The maximum atomic E-state index is 13.9. The van der Waals surface area contributed by atoms with Crippen molar-refractivity contribution in [2.24, 2.45) is 0 Å². The van der Waals surface area contributed by atoms with Gasteiger partial charge >= 0.3 is 0 Å². The molecule has 6 N–H and O–H groups in total. The number of rotatable bonds is 49. The van der Waals surface area contributed by atoms with Gasteiger partial charge in [-0.25, -0.2) is 34.7 Å². The van der Waals surface area contributed by atoms with E-state index in [0.717, 1.165) is 50.1 Å². The topological polar surface area (TPSA) is 350 Å². The summed E-state index contributed by atoms with van der Waals surface area (Å²) in [6, 6.07) is 31.4. The quantitative estimate of drug-likeness (QED) is 0.0193. The van der Waals surface area contributed by atoms with Gasteiger partial charge in [-0.3, -0.25) is 19.2 Å². The second kappa shape index (κ2) is 45.7. The number of amides is 3. The van der Waals surface area contributed by atoms with Crippen molar-refractivity contribution in [2.45, 2.75) is 122 Å².